The van der Waals surface area contributed by atoms with Crippen LogP contribution in [0.5, 0.6) is 0 Å². The predicted octanol–water partition coefficient (Wildman–Crippen LogP) is 1.78. The molecule has 1 heterocycles. The summed E-state index contributed by atoms with van der Waals surface area (Å²) >= 11 is 0. The molecule has 3 heteroatoms. The van der Waals surface area contributed by atoms with Crippen molar-refractivity contribution >= 4 is 5.91 Å². The van der Waals surface area contributed by atoms with Crippen LogP contribution in [0.2, 0.25) is 0 Å². The first kappa shape index (κ1) is 12.5. The molecule has 0 aromatic rings. The van der Waals surface area contributed by atoms with Gasteiger partial charge in [0.1, 0.15) is 0 Å². The summed E-state index contributed by atoms with van der Waals surface area (Å²) in [6, 6.07) is 0.527. The molecular weight excluding hydrogens is 188 g/mol. The average Bonchev–Trinajstić information content (AvgIpc) is 2.25. The van der Waals surface area contributed by atoms with Gasteiger partial charge in [0.2, 0.25) is 5.91 Å². The third-order valence-electron chi connectivity index (χ3n) is 3.11. The van der Waals surface area contributed by atoms with E-state index in [9.17, 15) is 4.79 Å². The van der Waals surface area contributed by atoms with Gasteiger partial charge in [0, 0.05) is 32.6 Å². The SMILES string of the molecule is CCCCCC[C@@H]1CN(C(C)=O)CCN1. The predicted molar refractivity (Wildman–Crippen MR) is 62.8 cm³/mol. The summed E-state index contributed by atoms with van der Waals surface area (Å²) in [4.78, 5) is 13.2. The monoisotopic (exact) mass is 212 g/mol. The van der Waals surface area contributed by atoms with Gasteiger partial charge in [-0.25, -0.2) is 0 Å². The molecule has 0 aromatic carbocycles. The Balaban J connectivity index is 2.15. The number of carbonyl (C=O) groups is 1. The lowest BCUT2D eigenvalue weighted by molar-refractivity contribution is -0.130. The highest BCUT2D eigenvalue weighted by atomic mass is 16.2. The van der Waals surface area contributed by atoms with Crippen LogP contribution in [0.25, 0.3) is 0 Å². The third kappa shape index (κ3) is 4.65. The van der Waals surface area contributed by atoms with Crippen LogP contribution in [0.1, 0.15) is 46.0 Å². The Bertz CT molecular complexity index is 194. The van der Waals surface area contributed by atoms with Crippen molar-refractivity contribution in [1.29, 1.82) is 0 Å². The first-order valence-electron chi connectivity index (χ1n) is 6.23. The molecule has 0 radical (unpaired) electrons. The number of unbranched alkanes of at least 4 members (excludes halogenated alkanes) is 3. The summed E-state index contributed by atoms with van der Waals surface area (Å²) in [5.41, 5.74) is 0. The maximum Gasteiger partial charge on any atom is 0.219 e. The zero-order valence-corrected chi connectivity index (χ0v) is 10.1. The van der Waals surface area contributed by atoms with Crippen molar-refractivity contribution in [2.75, 3.05) is 19.6 Å². The van der Waals surface area contributed by atoms with E-state index in [4.69, 9.17) is 0 Å². The fourth-order valence-electron chi connectivity index (χ4n) is 2.12. The fraction of sp³-hybridized carbons (Fsp3) is 0.917. The minimum Gasteiger partial charge on any atom is -0.340 e. The van der Waals surface area contributed by atoms with Gasteiger partial charge in [-0.15, -0.1) is 0 Å². The standard InChI is InChI=1S/C12H24N2O/c1-3-4-5-6-7-12-10-14(11(2)15)9-8-13-12/h12-13H,3-10H2,1-2H3/t12-/m1/s1. The Hall–Kier alpha value is -0.570. The van der Waals surface area contributed by atoms with Crippen LogP contribution in [0.15, 0.2) is 0 Å². The molecule has 1 amide bonds. The quantitative estimate of drug-likeness (QED) is 0.705. The summed E-state index contributed by atoms with van der Waals surface area (Å²) in [6.07, 6.45) is 6.45. The van der Waals surface area contributed by atoms with Gasteiger partial charge < -0.3 is 10.2 Å². The molecule has 1 aliphatic rings. The fourth-order valence-corrected chi connectivity index (χ4v) is 2.12. The van der Waals surface area contributed by atoms with E-state index in [2.05, 4.69) is 12.2 Å². The molecule has 15 heavy (non-hydrogen) atoms. The lowest BCUT2D eigenvalue weighted by atomic mass is 10.1. The lowest BCUT2D eigenvalue weighted by Gasteiger charge is -2.33. The molecule has 1 N–H and O–H groups in total. The highest BCUT2D eigenvalue weighted by Gasteiger charge is 2.19. The van der Waals surface area contributed by atoms with Crippen molar-refractivity contribution in [1.82, 2.24) is 10.2 Å². The number of hydrogen-bond acceptors (Lipinski definition) is 2. The van der Waals surface area contributed by atoms with Crippen molar-refractivity contribution in [2.45, 2.75) is 52.0 Å². The van der Waals surface area contributed by atoms with E-state index in [1.165, 1.54) is 32.1 Å². The molecule has 0 bridgehead atoms. The summed E-state index contributed by atoms with van der Waals surface area (Å²) < 4.78 is 0. The minimum absolute atomic E-state index is 0.218. The maximum absolute atomic E-state index is 11.2. The van der Waals surface area contributed by atoms with Gasteiger partial charge in [-0.3, -0.25) is 4.79 Å². The van der Waals surface area contributed by atoms with Crippen LogP contribution in [-0.2, 0) is 4.79 Å². The van der Waals surface area contributed by atoms with Crippen LogP contribution in [-0.4, -0.2) is 36.5 Å². The Kier molecular flexibility index (Phi) is 5.69. The van der Waals surface area contributed by atoms with E-state index in [0.29, 0.717) is 6.04 Å². The first-order valence-corrected chi connectivity index (χ1v) is 6.23. The number of rotatable bonds is 5. The number of nitrogens with zero attached hydrogens (tertiary/aromatic N) is 1. The van der Waals surface area contributed by atoms with E-state index >= 15 is 0 Å². The van der Waals surface area contributed by atoms with Crippen LogP contribution in [0.4, 0.5) is 0 Å². The number of carbonyl (C=O) groups excluding carboxylic acids is 1. The van der Waals surface area contributed by atoms with E-state index in [1.54, 1.807) is 6.92 Å². The highest BCUT2D eigenvalue weighted by Crippen LogP contribution is 2.09. The minimum atomic E-state index is 0.218. The second kappa shape index (κ2) is 6.83. The smallest absolute Gasteiger partial charge is 0.219 e. The van der Waals surface area contributed by atoms with Gasteiger partial charge in [-0.05, 0) is 6.42 Å². The van der Waals surface area contributed by atoms with Crippen molar-refractivity contribution in [3.63, 3.8) is 0 Å². The zero-order valence-electron chi connectivity index (χ0n) is 10.1. The summed E-state index contributed by atoms with van der Waals surface area (Å²) in [7, 11) is 0. The topological polar surface area (TPSA) is 32.3 Å². The molecule has 1 fully saturated rings. The zero-order chi connectivity index (χ0) is 11.1. The number of nitrogens with one attached hydrogen (secondary N) is 1. The Morgan fingerprint density at radius 2 is 2.20 bits per heavy atom. The van der Waals surface area contributed by atoms with Gasteiger partial charge in [-0.1, -0.05) is 32.6 Å². The van der Waals surface area contributed by atoms with Crippen LogP contribution in [0.3, 0.4) is 0 Å². The molecule has 1 aliphatic heterocycles. The number of amides is 1. The molecule has 0 aliphatic carbocycles. The second-order valence-electron chi connectivity index (χ2n) is 4.47. The van der Waals surface area contributed by atoms with Crippen molar-refractivity contribution in [3.8, 4) is 0 Å². The summed E-state index contributed by atoms with van der Waals surface area (Å²) in [5, 5.41) is 3.49. The molecule has 1 rings (SSSR count). The van der Waals surface area contributed by atoms with E-state index in [-0.39, 0.29) is 5.91 Å². The third-order valence-corrected chi connectivity index (χ3v) is 3.11. The van der Waals surface area contributed by atoms with Crippen molar-refractivity contribution < 1.29 is 4.79 Å². The molecular formula is C12H24N2O. The van der Waals surface area contributed by atoms with Crippen molar-refractivity contribution in [3.05, 3.63) is 0 Å². The highest BCUT2D eigenvalue weighted by molar-refractivity contribution is 5.73. The molecule has 1 atom stereocenters. The molecule has 88 valence electrons. The molecule has 0 spiro atoms. The van der Waals surface area contributed by atoms with Crippen molar-refractivity contribution in [2.24, 2.45) is 0 Å². The summed E-state index contributed by atoms with van der Waals surface area (Å²) in [6.45, 7) is 6.64. The van der Waals surface area contributed by atoms with Crippen LogP contribution >= 0.6 is 0 Å². The molecule has 0 saturated carbocycles. The number of piperazine rings is 1. The van der Waals surface area contributed by atoms with Gasteiger partial charge in [0.25, 0.3) is 0 Å². The molecule has 0 aromatic heterocycles. The maximum atomic E-state index is 11.2. The molecule has 0 unspecified atom stereocenters. The molecule has 1 saturated heterocycles. The normalized spacial score (nSPS) is 21.7. The first-order chi connectivity index (χ1) is 7.24. The average molecular weight is 212 g/mol. The van der Waals surface area contributed by atoms with Crippen LogP contribution < -0.4 is 5.32 Å². The van der Waals surface area contributed by atoms with Gasteiger partial charge in [0.15, 0.2) is 0 Å². The van der Waals surface area contributed by atoms with Gasteiger partial charge in [-0.2, -0.15) is 0 Å². The summed E-state index contributed by atoms with van der Waals surface area (Å²) in [5.74, 6) is 0.218. The van der Waals surface area contributed by atoms with E-state index < -0.39 is 0 Å². The largest absolute Gasteiger partial charge is 0.340 e. The van der Waals surface area contributed by atoms with Gasteiger partial charge >= 0.3 is 0 Å². The van der Waals surface area contributed by atoms with Gasteiger partial charge in [0.05, 0.1) is 0 Å². The molecule has 3 nitrogen and oxygen atoms in total. The number of hydrogen-bond donors (Lipinski definition) is 1. The van der Waals surface area contributed by atoms with Crippen LogP contribution in [0, 0.1) is 0 Å². The Labute approximate surface area is 93.2 Å². The lowest BCUT2D eigenvalue weighted by Crippen LogP contribution is -2.51. The second-order valence-corrected chi connectivity index (χ2v) is 4.47. The van der Waals surface area contributed by atoms with E-state index in [1.807, 2.05) is 4.90 Å². The van der Waals surface area contributed by atoms with E-state index in [0.717, 1.165) is 19.6 Å². The Morgan fingerprint density at radius 3 is 2.87 bits per heavy atom. The Morgan fingerprint density at radius 1 is 1.40 bits per heavy atom.